The van der Waals surface area contributed by atoms with Crippen LogP contribution >= 0.6 is 24.0 Å². The molecular weight excluding hydrogens is 415 g/mol. The Bertz CT molecular complexity index is 550. The van der Waals surface area contributed by atoms with Crippen LogP contribution in [0, 0.1) is 12.3 Å². The molecule has 2 N–H and O–H groups in total. The van der Waals surface area contributed by atoms with E-state index in [1.807, 2.05) is 6.92 Å². The summed E-state index contributed by atoms with van der Waals surface area (Å²) in [6.45, 7) is 8.53. The predicted octanol–water partition coefficient (Wildman–Crippen LogP) is 1.83. The van der Waals surface area contributed by atoms with E-state index in [0.717, 1.165) is 45.4 Å². The van der Waals surface area contributed by atoms with Crippen molar-refractivity contribution in [1.29, 1.82) is 0 Å². The molecule has 1 heterocycles. The van der Waals surface area contributed by atoms with E-state index in [4.69, 9.17) is 11.2 Å². The number of nitrogens with one attached hydrogen (secondary N) is 2. The van der Waals surface area contributed by atoms with Gasteiger partial charge in [0.05, 0.1) is 26.3 Å². The summed E-state index contributed by atoms with van der Waals surface area (Å²) in [5, 5.41) is 6.32. The van der Waals surface area contributed by atoms with E-state index in [0.29, 0.717) is 13.1 Å². The van der Waals surface area contributed by atoms with Crippen molar-refractivity contribution >= 4 is 29.9 Å². The first-order valence-corrected chi connectivity index (χ1v) is 8.16. The molecule has 0 aromatic heterocycles. The van der Waals surface area contributed by atoms with Crippen molar-refractivity contribution < 1.29 is 4.74 Å². The predicted molar refractivity (Wildman–Crippen MR) is 110 cm³/mol. The standard InChI is InChI=1S/C18H26N4O.HI/c1-3-9-20-18(19-4-2)21-14-16-7-5-6-8-17(16)15-22-10-12-23-13-11-22;/h1,5-8H,4,9-15H2,2H3,(H2,19,20,21);1H. The molecule has 1 aliphatic rings. The van der Waals surface area contributed by atoms with E-state index < -0.39 is 0 Å². The van der Waals surface area contributed by atoms with Crippen LogP contribution in [0.3, 0.4) is 0 Å². The summed E-state index contributed by atoms with van der Waals surface area (Å²) in [5.41, 5.74) is 2.57. The molecule has 1 fully saturated rings. The van der Waals surface area contributed by atoms with Crippen molar-refractivity contribution in [2.24, 2.45) is 4.99 Å². The first-order chi connectivity index (χ1) is 11.3. The molecule has 2 rings (SSSR count). The number of rotatable bonds is 6. The average molecular weight is 442 g/mol. The van der Waals surface area contributed by atoms with Crippen molar-refractivity contribution in [3.8, 4) is 12.3 Å². The molecule has 5 nitrogen and oxygen atoms in total. The normalized spacial score (nSPS) is 15.2. The highest BCUT2D eigenvalue weighted by atomic mass is 127. The Morgan fingerprint density at radius 3 is 2.62 bits per heavy atom. The molecule has 6 heteroatoms. The van der Waals surface area contributed by atoms with Gasteiger partial charge in [0.15, 0.2) is 5.96 Å². The van der Waals surface area contributed by atoms with Gasteiger partial charge in [0, 0.05) is 26.2 Å². The minimum Gasteiger partial charge on any atom is -0.379 e. The van der Waals surface area contributed by atoms with E-state index in [1.165, 1.54) is 11.1 Å². The van der Waals surface area contributed by atoms with Crippen LogP contribution in [0.15, 0.2) is 29.3 Å². The smallest absolute Gasteiger partial charge is 0.192 e. The number of halogens is 1. The topological polar surface area (TPSA) is 48.9 Å². The van der Waals surface area contributed by atoms with Crippen LogP contribution in [0.5, 0.6) is 0 Å². The quantitative estimate of drug-likeness (QED) is 0.306. The Balaban J connectivity index is 0.00000288. The van der Waals surface area contributed by atoms with Gasteiger partial charge < -0.3 is 15.4 Å². The lowest BCUT2D eigenvalue weighted by Crippen LogP contribution is -2.37. The van der Waals surface area contributed by atoms with Crippen LogP contribution in [0.2, 0.25) is 0 Å². The summed E-state index contributed by atoms with van der Waals surface area (Å²) in [6.07, 6.45) is 5.30. The molecule has 0 unspecified atom stereocenters. The summed E-state index contributed by atoms with van der Waals surface area (Å²) in [7, 11) is 0. The van der Waals surface area contributed by atoms with Crippen LogP contribution in [0.1, 0.15) is 18.1 Å². The van der Waals surface area contributed by atoms with Crippen molar-refractivity contribution in [2.75, 3.05) is 39.4 Å². The van der Waals surface area contributed by atoms with Gasteiger partial charge in [0.25, 0.3) is 0 Å². The molecule has 0 spiro atoms. The van der Waals surface area contributed by atoms with Gasteiger partial charge in [0.1, 0.15) is 0 Å². The van der Waals surface area contributed by atoms with E-state index in [1.54, 1.807) is 0 Å². The number of benzene rings is 1. The van der Waals surface area contributed by atoms with Crippen molar-refractivity contribution in [2.45, 2.75) is 20.0 Å². The number of nitrogens with zero attached hydrogens (tertiary/aromatic N) is 2. The molecule has 1 aromatic carbocycles. The highest BCUT2D eigenvalue weighted by Crippen LogP contribution is 2.14. The monoisotopic (exact) mass is 442 g/mol. The summed E-state index contributed by atoms with van der Waals surface area (Å²) < 4.78 is 5.41. The lowest BCUT2D eigenvalue weighted by Gasteiger charge is -2.27. The summed E-state index contributed by atoms with van der Waals surface area (Å²) >= 11 is 0. The van der Waals surface area contributed by atoms with Crippen molar-refractivity contribution in [1.82, 2.24) is 15.5 Å². The molecule has 24 heavy (non-hydrogen) atoms. The van der Waals surface area contributed by atoms with Crippen LogP contribution in [-0.2, 0) is 17.8 Å². The lowest BCUT2D eigenvalue weighted by atomic mass is 10.1. The number of guanidine groups is 1. The lowest BCUT2D eigenvalue weighted by molar-refractivity contribution is 0.0341. The number of hydrogen-bond donors (Lipinski definition) is 2. The Morgan fingerprint density at radius 2 is 1.96 bits per heavy atom. The van der Waals surface area contributed by atoms with E-state index in [-0.39, 0.29) is 24.0 Å². The molecule has 132 valence electrons. The van der Waals surface area contributed by atoms with Gasteiger partial charge in [-0.2, -0.15) is 0 Å². The van der Waals surface area contributed by atoms with E-state index >= 15 is 0 Å². The molecule has 0 atom stereocenters. The molecule has 1 aliphatic heterocycles. The minimum absolute atomic E-state index is 0. The van der Waals surface area contributed by atoms with Crippen molar-refractivity contribution in [3.63, 3.8) is 0 Å². The number of aliphatic imine (C=N–C) groups is 1. The van der Waals surface area contributed by atoms with Crippen molar-refractivity contribution in [3.05, 3.63) is 35.4 Å². The molecule has 1 saturated heterocycles. The first-order valence-electron chi connectivity index (χ1n) is 8.16. The van der Waals surface area contributed by atoms with Crippen LogP contribution in [0.4, 0.5) is 0 Å². The van der Waals surface area contributed by atoms with Gasteiger partial charge in [-0.15, -0.1) is 30.4 Å². The zero-order valence-corrected chi connectivity index (χ0v) is 16.6. The second-order valence-electron chi connectivity index (χ2n) is 5.41. The highest BCUT2D eigenvalue weighted by molar-refractivity contribution is 14.0. The second-order valence-corrected chi connectivity index (χ2v) is 5.41. The SMILES string of the molecule is C#CCNC(=NCc1ccccc1CN1CCOCC1)NCC.I. The minimum atomic E-state index is 0. The number of morpholine rings is 1. The maximum atomic E-state index is 5.41. The van der Waals surface area contributed by atoms with Gasteiger partial charge in [-0.3, -0.25) is 4.90 Å². The number of hydrogen-bond acceptors (Lipinski definition) is 3. The number of ether oxygens (including phenoxy) is 1. The third kappa shape index (κ3) is 7.07. The maximum Gasteiger partial charge on any atom is 0.192 e. The Hall–Kier alpha value is -1.30. The number of terminal acetylenes is 1. The average Bonchev–Trinajstić information content (AvgIpc) is 2.59. The Labute approximate surface area is 162 Å². The zero-order chi connectivity index (χ0) is 16.3. The molecular formula is C18H27IN4O. The summed E-state index contributed by atoms with van der Waals surface area (Å²) in [6, 6.07) is 8.48. The van der Waals surface area contributed by atoms with Gasteiger partial charge >= 0.3 is 0 Å². The second kappa shape index (κ2) is 12.1. The Kier molecular flexibility index (Phi) is 10.5. The molecule has 1 aromatic rings. The fourth-order valence-corrected chi connectivity index (χ4v) is 2.51. The van der Waals surface area contributed by atoms with Crippen LogP contribution in [0.25, 0.3) is 0 Å². The third-order valence-electron chi connectivity index (χ3n) is 3.73. The molecule has 0 amide bonds. The Morgan fingerprint density at radius 1 is 1.25 bits per heavy atom. The van der Waals surface area contributed by atoms with Crippen LogP contribution < -0.4 is 10.6 Å². The fraction of sp³-hybridized carbons (Fsp3) is 0.500. The van der Waals surface area contributed by atoms with Gasteiger partial charge in [-0.1, -0.05) is 30.2 Å². The third-order valence-corrected chi connectivity index (χ3v) is 3.73. The summed E-state index contributed by atoms with van der Waals surface area (Å²) in [5.74, 6) is 3.33. The van der Waals surface area contributed by atoms with Crippen LogP contribution in [-0.4, -0.2) is 50.3 Å². The molecule has 0 bridgehead atoms. The summed E-state index contributed by atoms with van der Waals surface area (Å²) in [4.78, 5) is 7.06. The van der Waals surface area contributed by atoms with Gasteiger partial charge in [0.2, 0.25) is 0 Å². The van der Waals surface area contributed by atoms with E-state index in [2.05, 4.69) is 50.7 Å². The zero-order valence-electron chi connectivity index (χ0n) is 14.3. The fourth-order valence-electron chi connectivity index (χ4n) is 2.51. The largest absolute Gasteiger partial charge is 0.379 e. The van der Waals surface area contributed by atoms with Gasteiger partial charge in [-0.25, -0.2) is 4.99 Å². The van der Waals surface area contributed by atoms with E-state index in [9.17, 15) is 0 Å². The van der Waals surface area contributed by atoms with Gasteiger partial charge in [-0.05, 0) is 18.1 Å². The molecule has 0 radical (unpaired) electrons. The molecule has 0 aliphatic carbocycles. The maximum absolute atomic E-state index is 5.41. The highest BCUT2D eigenvalue weighted by Gasteiger charge is 2.12. The molecule has 0 saturated carbocycles. The first kappa shape index (κ1) is 20.7.